The third kappa shape index (κ3) is 4.04. The van der Waals surface area contributed by atoms with Gasteiger partial charge in [0.1, 0.15) is 11.3 Å². The smallest absolute Gasteiger partial charge is 0.410 e. The summed E-state index contributed by atoms with van der Waals surface area (Å²) in [6, 6.07) is 7.86. The monoisotopic (exact) mass is 449 g/mol. The van der Waals surface area contributed by atoms with Gasteiger partial charge < -0.3 is 19.1 Å². The number of rotatable bonds is 2. The second-order valence-electron chi connectivity index (χ2n) is 8.23. The molecule has 28 heavy (non-hydrogen) atoms. The summed E-state index contributed by atoms with van der Waals surface area (Å²) in [5.41, 5.74) is 1.19. The van der Waals surface area contributed by atoms with Crippen LogP contribution in [0.4, 0.5) is 4.79 Å². The Balaban J connectivity index is 1.80. The number of amides is 2. The van der Waals surface area contributed by atoms with E-state index in [0.29, 0.717) is 31.9 Å². The largest absolute Gasteiger partial charge is 0.444 e. The topological polar surface area (TPSA) is 54.8 Å². The molecule has 0 spiro atoms. The van der Waals surface area contributed by atoms with Gasteiger partial charge in [-0.1, -0.05) is 12.1 Å². The minimum Gasteiger partial charge on any atom is -0.444 e. The van der Waals surface area contributed by atoms with E-state index in [0.717, 1.165) is 15.4 Å². The lowest BCUT2D eigenvalue weighted by Crippen LogP contribution is -2.56. The number of carbonyl (C=O) groups is 2. The van der Waals surface area contributed by atoms with Crippen molar-refractivity contribution in [2.45, 2.75) is 52.8 Å². The maximum absolute atomic E-state index is 13.3. The standard InChI is InChI=1S/C21H28BrN3O3/c1-6-24-17(12-15-8-7-9-16(22)18(15)24)19(26)25-11-10-23(13-14(25)2)20(27)28-21(3,4)5/h7-9,12,14H,6,10-11,13H2,1-5H3/t14-/m0/s1. The van der Waals surface area contributed by atoms with Gasteiger partial charge in [-0.05, 0) is 62.7 Å². The molecule has 3 rings (SSSR count). The lowest BCUT2D eigenvalue weighted by atomic mass is 10.1. The van der Waals surface area contributed by atoms with Crippen molar-refractivity contribution in [3.8, 4) is 0 Å². The number of aromatic nitrogens is 1. The molecule has 0 bridgehead atoms. The molecule has 2 aromatic rings. The van der Waals surface area contributed by atoms with Crippen molar-refractivity contribution < 1.29 is 14.3 Å². The summed E-state index contributed by atoms with van der Waals surface area (Å²) in [5, 5.41) is 1.04. The summed E-state index contributed by atoms with van der Waals surface area (Å²) < 4.78 is 8.50. The Morgan fingerprint density at radius 3 is 2.57 bits per heavy atom. The van der Waals surface area contributed by atoms with Gasteiger partial charge in [0.15, 0.2) is 0 Å². The average Bonchev–Trinajstić information content (AvgIpc) is 2.99. The van der Waals surface area contributed by atoms with Crippen molar-refractivity contribution in [2.24, 2.45) is 0 Å². The molecule has 1 aromatic heterocycles. The van der Waals surface area contributed by atoms with Crippen LogP contribution >= 0.6 is 15.9 Å². The highest BCUT2D eigenvalue weighted by atomic mass is 79.9. The summed E-state index contributed by atoms with van der Waals surface area (Å²) in [6.07, 6.45) is -0.321. The predicted molar refractivity (Wildman–Crippen MR) is 114 cm³/mol. The average molecular weight is 450 g/mol. The van der Waals surface area contributed by atoms with E-state index in [1.165, 1.54) is 0 Å². The van der Waals surface area contributed by atoms with Crippen LogP contribution in [0.1, 0.15) is 45.1 Å². The van der Waals surface area contributed by atoms with E-state index in [2.05, 4.69) is 20.5 Å². The zero-order valence-corrected chi connectivity index (χ0v) is 18.7. The Morgan fingerprint density at radius 2 is 1.96 bits per heavy atom. The third-order valence-electron chi connectivity index (χ3n) is 4.95. The van der Waals surface area contributed by atoms with Crippen molar-refractivity contribution in [1.82, 2.24) is 14.4 Å². The molecule has 152 valence electrons. The molecule has 0 aliphatic carbocycles. The fourth-order valence-electron chi connectivity index (χ4n) is 3.68. The zero-order chi connectivity index (χ0) is 20.6. The van der Waals surface area contributed by atoms with Gasteiger partial charge in [0.2, 0.25) is 0 Å². The number of ether oxygens (including phenoxy) is 1. The van der Waals surface area contributed by atoms with Crippen LogP contribution in [0.5, 0.6) is 0 Å². The van der Waals surface area contributed by atoms with Crippen LogP contribution in [0.3, 0.4) is 0 Å². The van der Waals surface area contributed by atoms with Crippen molar-refractivity contribution in [2.75, 3.05) is 19.6 Å². The molecule has 1 aliphatic rings. The van der Waals surface area contributed by atoms with Gasteiger partial charge in [-0.25, -0.2) is 4.79 Å². The summed E-state index contributed by atoms with van der Waals surface area (Å²) in [5.74, 6) is 0.00119. The van der Waals surface area contributed by atoms with Gasteiger partial charge >= 0.3 is 6.09 Å². The number of halogens is 1. The van der Waals surface area contributed by atoms with Gasteiger partial charge in [0.05, 0.1) is 5.52 Å². The number of hydrogen-bond donors (Lipinski definition) is 0. The Hall–Kier alpha value is -2.02. The molecule has 0 unspecified atom stereocenters. The number of nitrogens with zero attached hydrogens (tertiary/aromatic N) is 3. The van der Waals surface area contributed by atoms with Gasteiger partial charge in [-0.15, -0.1) is 0 Å². The first-order valence-electron chi connectivity index (χ1n) is 9.69. The van der Waals surface area contributed by atoms with Crippen LogP contribution < -0.4 is 0 Å². The Kier molecular flexibility index (Phi) is 5.75. The van der Waals surface area contributed by atoms with Crippen LogP contribution in [0, 0.1) is 0 Å². The van der Waals surface area contributed by atoms with Crippen molar-refractivity contribution in [1.29, 1.82) is 0 Å². The normalized spacial score (nSPS) is 17.9. The molecule has 1 aliphatic heterocycles. The van der Waals surface area contributed by atoms with Crippen molar-refractivity contribution in [3.05, 3.63) is 34.4 Å². The molecule has 1 atom stereocenters. The summed E-state index contributed by atoms with van der Waals surface area (Å²) in [7, 11) is 0. The number of benzene rings is 1. The highest BCUT2D eigenvalue weighted by molar-refractivity contribution is 9.10. The van der Waals surface area contributed by atoms with Crippen LogP contribution in [-0.4, -0.2) is 57.6 Å². The highest BCUT2D eigenvalue weighted by Crippen LogP contribution is 2.29. The number of fused-ring (bicyclic) bond motifs is 1. The van der Waals surface area contributed by atoms with Crippen molar-refractivity contribution >= 4 is 38.8 Å². The molecule has 2 heterocycles. The van der Waals surface area contributed by atoms with E-state index in [1.807, 2.05) is 63.8 Å². The number of aryl methyl sites for hydroxylation is 1. The maximum Gasteiger partial charge on any atom is 0.410 e. The van der Waals surface area contributed by atoms with E-state index in [-0.39, 0.29) is 18.0 Å². The van der Waals surface area contributed by atoms with Gasteiger partial charge in [-0.2, -0.15) is 0 Å². The molecule has 7 heteroatoms. The molecule has 2 amide bonds. The molecule has 0 radical (unpaired) electrons. The molecule has 0 saturated carbocycles. The quantitative estimate of drug-likeness (QED) is 0.677. The summed E-state index contributed by atoms with van der Waals surface area (Å²) >= 11 is 3.60. The SMILES string of the molecule is CCn1c(C(=O)N2CCN(C(=O)OC(C)(C)C)C[C@@H]2C)cc2cccc(Br)c21. The van der Waals surface area contributed by atoms with Crippen LogP contribution in [0.25, 0.3) is 10.9 Å². The van der Waals surface area contributed by atoms with E-state index in [4.69, 9.17) is 4.74 Å². The fourth-order valence-corrected chi connectivity index (χ4v) is 4.28. The highest BCUT2D eigenvalue weighted by Gasteiger charge is 2.33. The van der Waals surface area contributed by atoms with Gasteiger partial charge in [0, 0.05) is 42.1 Å². The van der Waals surface area contributed by atoms with Crippen LogP contribution in [0.2, 0.25) is 0 Å². The predicted octanol–water partition coefficient (Wildman–Crippen LogP) is 4.51. The van der Waals surface area contributed by atoms with Crippen LogP contribution in [0.15, 0.2) is 28.7 Å². The zero-order valence-electron chi connectivity index (χ0n) is 17.2. The number of piperazine rings is 1. The van der Waals surface area contributed by atoms with E-state index in [9.17, 15) is 9.59 Å². The fraction of sp³-hybridized carbons (Fsp3) is 0.524. The Morgan fingerprint density at radius 1 is 1.25 bits per heavy atom. The number of carbonyl (C=O) groups excluding carboxylic acids is 2. The van der Waals surface area contributed by atoms with Crippen molar-refractivity contribution in [3.63, 3.8) is 0 Å². The lowest BCUT2D eigenvalue weighted by Gasteiger charge is -2.40. The van der Waals surface area contributed by atoms with E-state index >= 15 is 0 Å². The summed E-state index contributed by atoms with van der Waals surface area (Å²) in [4.78, 5) is 29.2. The summed E-state index contributed by atoms with van der Waals surface area (Å²) in [6.45, 7) is 11.7. The van der Waals surface area contributed by atoms with E-state index < -0.39 is 5.60 Å². The maximum atomic E-state index is 13.3. The first kappa shape index (κ1) is 20.7. The molecule has 1 fully saturated rings. The molecule has 1 aromatic carbocycles. The van der Waals surface area contributed by atoms with Gasteiger partial charge in [0.25, 0.3) is 5.91 Å². The second-order valence-corrected chi connectivity index (χ2v) is 9.08. The number of para-hydroxylation sites is 1. The first-order chi connectivity index (χ1) is 13.1. The Bertz CT molecular complexity index is 900. The molecule has 1 saturated heterocycles. The molecular formula is C21H28BrN3O3. The second kappa shape index (κ2) is 7.78. The van der Waals surface area contributed by atoms with Crippen LogP contribution in [-0.2, 0) is 11.3 Å². The van der Waals surface area contributed by atoms with Gasteiger partial charge in [-0.3, -0.25) is 4.79 Å². The lowest BCUT2D eigenvalue weighted by molar-refractivity contribution is 0.00598. The molecule has 6 nitrogen and oxygen atoms in total. The third-order valence-corrected chi connectivity index (χ3v) is 5.59. The number of hydrogen-bond acceptors (Lipinski definition) is 3. The molecule has 0 N–H and O–H groups in total. The Labute approximate surface area is 174 Å². The minimum atomic E-state index is -0.525. The molecular weight excluding hydrogens is 422 g/mol. The minimum absolute atomic E-state index is 0.00119. The van der Waals surface area contributed by atoms with E-state index in [1.54, 1.807) is 4.90 Å². The first-order valence-corrected chi connectivity index (χ1v) is 10.5.